The second-order valence-electron chi connectivity index (χ2n) is 4.21. The van der Waals surface area contributed by atoms with Gasteiger partial charge in [0.15, 0.2) is 11.5 Å². The third kappa shape index (κ3) is 2.72. The molecule has 1 aromatic carbocycles. The molecule has 0 aliphatic carbocycles. The molecule has 0 aromatic heterocycles. The number of carboxylic acid groups (broad SMARTS) is 1. The minimum atomic E-state index is -1.12. The van der Waals surface area contributed by atoms with Crippen molar-refractivity contribution < 1.29 is 23.8 Å². The summed E-state index contributed by atoms with van der Waals surface area (Å²) in [4.78, 5) is 10.6. The highest BCUT2D eigenvalue weighted by Crippen LogP contribution is 2.38. The van der Waals surface area contributed by atoms with Gasteiger partial charge in [-0.05, 0) is 36.6 Å². The van der Waals surface area contributed by atoms with Gasteiger partial charge in [0.25, 0.3) is 0 Å². The van der Waals surface area contributed by atoms with Crippen molar-refractivity contribution in [3.05, 3.63) is 23.3 Å². The van der Waals surface area contributed by atoms with E-state index < -0.39 is 12.1 Å². The van der Waals surface area contributed by atoms with Gasteiger partial charge in [-0.1, -0.05) is 0 Å². The van der Waals surface area contributed by atoms with Crippen molar-refractivity contribution in [1.29, 1.82) is 0 Å². The van der Waals surface area contributed by atoms with Crippen molar-refractivity contribution in [2.24, 2.45) is 0 Å². The molecule has 0 saturated carbocycles. The second kappa shape index (κ2) is 5.25. The number of aryl methyl sites for hydroxylation is 1. The zero-order chi connectivity index (χ0) is 13.1. The highest BCUT2D eigenvalue weighted by Gasteiger charge is 2.19. The summed E-state index contributed by atoms with van der Waals surface area (Å²) >= 11 is 0. The molecule has 1 aliphatic rings. The van der Waals surface area contributed by atoms with Crippen molar-refractivity contribution in [2.75, 3.05) is 13.2 Å². The van der Waals surface area contributed by atoms with Gasteiger partial charge in [-0.3, -0.25) is 4.79 Å². The first-order valence-corrected chi connectivity index (χ1v) is 5.86. The molecule has 0 spiro atoms. The van der Waals surface area contributed by atoms with E-state index in [1.165, 1.54) is 6.92 Å². The summed E-state index contributed by atoms with van der Waals surface area (Å²) in [7, 11) is 0. The lowest BCUT2D eigenvalue weighted by atomic mass is 10.0. The zero-order valence-corrected chi connectivity index (χ0v) is 10.1. The third-order valence-corrected chi connectivity index (χ3v) is 2.81. The highest BCUT2D eigenvalue weighted by atomic mass is 19.1. The lowest BCUT2D eigenvalue weighted by molar-refractivity contribution is -0.136. The van der Waals surface area contributed by atoms with Gasteiger partial charge in [-0.25, -0.2) is 4.39 Å². The van der Waals surface area contributed by atoms with E-state index in [0.29, 0.717) is 42.3 Å². The minimum Gasteiger partial charge on any atom is -0.486 e. The number of ether oxygens (including phenoxy) is 2. The molecule has 1 heterocycles. The molecular formula is C13H15FO4. The molecule has 1 N–H and O–H groups in total. The van der Waals surface area contributed by atoms with E-state index in [-0.39, 0.29) is 6.42 Å². The second-order valence-corrected chi connectivity index (χ2v) is 4.21. The van der Waals surface area contributed by atoms with Gasteiger partial charge in [-0.15, -0.1) is 0 Å². The van der Waals surface area contributed by atoms with Crippen LogP contribution >= 0.6 is 0 Å². The summed E-state index contributed by atoms with van der Waals surface area (Å²) in [5.41, 5.74) is 1.17. The minimum absolute atomic E-state index is 0.0140. The molecule has 0 fully saturated rings. The fourth-order valence-electron chi connectivity index (χ4n) is 1.91. The fraction of sp³-hybridized carbons (Fsp3) is 0.462. The zero-order valence-electron chi connectivity index (χ0n) is 10.1. The van der Waals surface area contributed by atoms with Gasteiger partial charge in [0.1, 0.15) is 19.4 Å². The Hall–Kier alpha value is -1.78. The first-order chi connectivity index (χ1) is 8.58. The van der Waals surface area contributed by atoms with Gasteiger partial charge < -0.3 is 14.6 Å². The van der Waals surface area contributed by atoms with Gasteiger partial charge >= 0.3 is 5.97 Å². The van der Waals surface area contributed by atoms with Gasteiger partial charge in [0, 0.05) is 6.42 Å². The number of carboxylic acids is 1. The first kappa shape index (κ1) is 12.7. The van der Waals surface area contributed by atoms with Crippen LogP contribution in [0.5, 0.6) is 11.5 Å². The summed E-state index contributed by atoms with van der Waals surface area (Å²) in [5.74, 6) is 0.162. The number of carbonyl (C=O) groups is 1. The number of aliphatic carboxylic acids is 1. The molecule has 1 aliphatic heterocycles. The van der Waals surface area contributed by atoms with Crippen LogP contribution in [0.4, 0.5) is 4.39 Å². The standard InChI is InChI=1S/C13H15FO4/c1-8(14)10-6-9(2-3-12(15)16)13-11(7-10)17-4-5-18-13/h6-8H,2-5H2,1H3,(H,15,16). The molecule has 98 valence electrons. The van der Waals surface area contributed by atoms with E-state index >= 15 is 0 Å². The third-order valence-electron chi connectivity index (χ3n) is 2.81. The van der Waals surface area contributed by atoms with Crippen LogP contribution in [0.2, 0.25) is 0 Å². The van der Waals surface area contributed by atoms with Crippen LogP contribution in [0.25, 0.3) is 0 Å². The maximum absolute atomic E-state index is 13.4. The number of fused-ring (bicyclic) bond motifs is 1. The van der Waals surface area contributed by atoms with Crippen LogP contribution in [0, 0.1) is 0 Å². The van der Waals surface area contributed by atoms with Crippen molar-refractivity contribution in [2.45, 2.75) is 25.9 Å². The summed E-state index contributed by atoms with van der Waals surface area (Å²) in [6, 6.07) is 3.27. The monoisotopic (exact) mass is 254 g/mol. The van der Waals surface area contributed by atoms with E-state index in [1.54, 1.807) is 12.1 Å². The van der Waals surface area contributed by atoms with E-state index in [1.807, 2.05) is 0 Å². The largest absolute Gasteiger partial charge is 0.486 e. The Labute approximate surface area is 104 Å². The normalized spacial score (nSPS) is 15.2. The van der Waals surface area contributed by atoms with Crippen molar-refractivity contribution >= 4 is 5.97 Å². The Balaban J connectivity index is 2.34. The van der Waals surface area contributed by atoms with Crippen LogP contribution in [-0.4, -0.2) is 24.3 Å². The lowest BCUT2D eigenvalue weighted by Crippen LogP contribution is -2.17. The Kier molecular flexibility index (Phi) is 3.69. The quantitative estimate of drug-likeness (QED) is 0.897. The van der Waals surface area contributed by atoms with Crippen LogP contribution in [0.1, 0.15) is 30.6 Å². The number of rotatable bonds is 4. The Morgan fingerprint density at radius 3 is 2.83 bits per heavy atom. The van der Waals surface area contributed by atoms with Crippen LogP contribution < -0.4 is 9.47 Å². The summed E-state index contributed by atoms with van der Waals surface area (Å²) < 4.78 is 24.3. The Morgan fingerprint density at radius 1 is 1.44 bits per heavy atom. The molecule has 5 heteroatoms. The molecule has 1 atom stereocenters. The smallest absolute Gasteiger partial charge is 0.303 e. The van der Waals surface area contributed by atoms with E-state index in [9.17, 15) is 9.18 Å². The molecule has 0 radical (unpaired) electrons. The summed E-state index contributed by atoms with van der Waals surface area (Å²) in [6.07, 6.45) is -0.828. The van der Waals surface area contributed by atoms with E-state index in [4.69, 9.17) is 14.6 Å². The topological polar surface area (TPSA) is 55.8 Å². The van der Waals surface area contributed by atoms with E-state index in [0.717, 1.165) is 0 Å². The predicted molar refractivity (Wildman–Crippen MR) is 62.9 cm³/mol. The molecular weight excluding hydrogens is 239 g/mol. The average Bonchev–Trinajstić information content (AvgIpc) is 2.35. The number of hydrogen-bond acceptors (Lipinski definition) is 3. The first-order valence-electron chi connectivity index (χ1n) is 5.86. The SMILES string of the molecule is CC(F)c1cc(CCC(=O)O)c2c(c1)OCCO2. The lowest BCUT2D eigenvalue weighted by Gasteiger charge is -2.22. The van der Waals surface area contributed by atoms with Gasteiger partial charge in [0.05, 0.1) is 0 Å². The van der Waals surface area contributed by atoms with Gasteiger partial charge in [-0.2, -0.15) is 0 Å². The van der Waals surface area contributed by atoms with Crippen molar-refractivity contribution in [3.8, 4) is 11.5 Å². The molecule has 0 bridgehead atoms. The number of hydrogen-bond donors (Lipinski definition) is 1. The predicted octanol–water partition coefficient (Wildman–Crippen LogP) is 2.51. The molecule has 4 nitrogen and oxygen atoms in total. The summed E-state index contributed by atoms with van der Waals surface area (Å²) in [6.45, 7) is 2.29. The maximum Gasteiger partial charge on any atom is 0.303 e. The molecule has 2 rings (SSSR count). The molecule has 0 saturated heterocycles. The summed E-state index contributed by atoms with van der Waals surface area (Å²) in [5, 5.41) is 8.71. The van der Waals surface area contributed by atoms with E-state index in [2.05, 4.69) is 0 Å². The molecule has 1 aromatic rings. The molecule has 18 heavy (non-hydrogen) atoms. The Morgan fingerprint density at radius 2 is 2.17 bits per heavy atom. The fourth-order valence-corrected chi connectivity index (χ4v) is 1.91. The maximum atomic E-state index is 13.4. The number of alkyl halides is 1. The van der Waals surface area contributed by atoms with Gasteiger partial charge in [0.2, 0.25) is 0 Å². The van der Waals surface area contributed by atoms with Crippen molar-refractivity contribution in [1.82, 2.24) is 0 Å². The van der Waals surface area contributed by atoms with Crippen molar-refractivity contribution in [3.63, 3.8) is 0 Å². The highest BCUT2D eigenvalue weighted by molar-refractivity contribution is 5.67. The van der Waals surface area contributed by atoms with Crippen LogP contribution in [-0.2, 0) is 11.2 Å². The molecule has 1 unspecified atom stereocenters. The number of benzene rings is 1. The number of halogens is 1. The van der Waals surface area contributed by atoms with Crippen LogP contribution in [0.15, 0.2) is 12.1 Å². The van der Waals surface area contributed by atoms with Crippen LogP contribution in [0.3, 0.4) is 0 Å². The average molecular weight is 254 g/mol. The Bertz CT molecular complexity index is 457. The molecule has 0 amide bonds.